The third kappa shape index (κ3) is 3.80. The molecule has 0 saturated carbocycles. The van der Waals surface area contributed by atoms with Gasteiger partial charge in [0.2, 0.25) is 5.95 Å². The Morgan fingerprint density at radius 3 is 2.74 bits per heavy atom. The van der Waals surface area contributed by atoms with Gasteiger partial charge in [0.1, 0.15) is 5.82 Å². The lowest BCUT2D eigenvalue weighted by Crippen LogP contribution is -2.43. The Bertz CT molecular complexity index is 1240. The number of carbonyl (C=O) groups excluding carboxylic acids is 1. The van der Waals surface area contributed by atoms with E-state index in [1.807, 2.05) is 41.0 Å². The van der Waals surface area contributed by atoms with Crippen LogP contribution in [0.1, 0.15) is 10.4 Å². The standard InChI is InChI=1S/C23H23N7O/c24-22(31)19-15-30(20-7-2-1-6-18(19)20)21-8-9-26-23(28-21)27-16-4-3-5-17(14-16)29-12-10-25-11-13-29/h1-9,14-15,25H,10-13H2,(H2,24,31)(H,26,27,28). The maximum absolute atomic E-state index is 11.9. The molecule has 1 saturated heterocycles. The number of nitrogens with zero attached hydrogens (tertiary/aromatic N) is 4. The molecule has 0 aliphatic carbocycles. The Morgan fingerprint density at radius 2 is 1.90 bits per heavy atom. The summed E-state index contributed by atoms with van der Waals surface area (Å²) >= 11 is 0. The molecule has 5 rings (SSSR count). The number of rotatable bonds is 5. The number of primary amides is 1. The molecule has 4 aromatic rings. The van der Waals surface area contributed by atoms with Gasteiger partial charge in [0, 0.05) is 55.3 Å². The SMILES string of the molecule is NC(=O)c1cn(-c2ccnc(Nc3cccc(N4CCNCC4)c3)n2)c2ccccc12. The molecule has 4 N–H and O–H groups in total. The van der Waals surface area contributed by atoms with E-state index in [-0.39, 0.29) is 0 Å². The fourth-order valence-electron chi connectivity index (χ4n) is 3.94. The van der Waals surface area contributed by atoms with Crippen LogP contribution in [0.2, 0.25) is 0 Å². The van der Waals surface area contributed by atoms with Gasteiger partial charge in [-0.3, -0.25) is 4.79 Å². The van der Waals surface area contributed by atoms with Gasteiger partial charge in [0.05, 0.1) is 11.1 Å². The van der Waals surface area contributed by atoms with Crippen molar-refractivity contribution >= 4 is 34.1 Å². The van der Waals surface area contributed by atoms with E-state index in [0.717, 1.165) is 42.8 Å². The third-order valence-electron chi connectivity index (χ3n) is 5.45. The van der Waals surface area contributed by atoms with Gasteiger partial charge in [-0.25, -0.2) is 4.98 Å². The quantitative estimate of drug-likeness (QED) is 0.465. The molecular weight excluding hydrogens is 390 g/mol. The van der Waals surface area contributed by atoms with Crippen LogP contribution in [0.4, 0.5) is 17.3 Å². The zero-order valence-corrected chi connectivity index (χ0v) is 17.0. The van der Waals surface area contributed by atoms with Crippen LogP contribution in [0.15, 0.2) is 67.0 Å². The van der Waals surface area contributed by atoms with Crippen molar-refractivity contribution in [2.24, 2.45) is 5.73 Å². The fraction of sp³-hybridized carbons (Fsp3) is 0.174. The molecule has 1 aliphatic rings. The zero-order valence-electron chi connectivity index (χ0n) is 17.0. The van der Waals surface area contributed by atoms with Gasteiger partial charge in [0.25, 0.3) is 5.91 Å². The first-order valence-corrected chi connectivity index (χ1v) is 10.2. The predicted octanol–water partition coefficient (Wildman–Crippen LogP) is 2.67. The first-order valence-electron chi connectivity index (χ1n) is 10.2. The van der Waals surface area contributed by atoms with Crippen LogP contribution in [0.5, 0.6) is 0 Å². The average molecular weight is 413 g/mol. The molecule has 0 radical (unpaired) electrons. The smallest absolute Gasteiger partial charge is 0.250 e. The van der Waals surface area contributed by atoms with Crippen LogP contribution >= 0.6 is 0 Å². The van der Waals surface area contributed by atoms with Gasteiger partial charge in [-0.2, -0.15) is 4.98 Å². The second-order valence-corrected chi connectivity index (χ2v) is 7.44. The maximum atomic E-state index is 11.9. The summed E-state index contributed by atoms with van der Waals surface area (Å²) in [4.78, 5) is 23.3. The number of para-hydroxylation sites is 1. The van der Waals surface area contributed by atoms with Crippen molar-refractivity contribution in [1.29, 1.82) is 0 Å². The lowest BCUT2D eigenvalue weighted by atomic mass is 10.2. The summed E-state index contributed by atoms with van der Waals surface area (Å²) in [6, 6.07) is 17.7. The van der Waals surface area contributed by atoms with Crippen molar-refractivity contribution in [3.05, 3.63) is 72.6 Å². The molecular formula is C23H23N7O. The molecule has 156 valence electrons. The fourth-order valence-corrected chi connectivity index (χ4v) is 3.94. The first-order chi connectivity index (χ1) is 15.2. The summed E-state index contributed by atoms with van der Waals surface area (Å²) in [6.45, 7) is 3.94. The van der Waals surface area contributed by atoms with Crippen LogP contribution < -0.4 is 21.3 Å². The van der Waals surface area contributed by atoms with E-state index in [1.165, 1.54) is 5.69 Å². The Morgan fingerprint density at radius 1 is 1.06 bits per heavy atom. The second kappa shape index (κ2) is 8.08. The molecule has 0 bridgehead atoms. The number of anilines is 3. The van der Waals surface area contributed by atoms with Crippen LogP contribution in [-0.4, -0.2) is 46.6 Å². The molecule has 2 aromatic carbocycles. The molecule has 3 heterocycles. The molecule has 1 fully saturated rings. The van der Waals surface area contributed by atoms with Crippen molar-refractivity contribution in [3.63, 3.8) is 0 Å². The number of carbonyl (C=O) groups is 1. The largest absolute Gasteiger partial charge is 0.369 e. The van der Waals surface area contributed by atoms with Gasteiger partial charge < -0.3 is 25.8 Å². The number of amides is 1. The third-order valence-corrected chi connectivity index (χ3v) is 5.45. The van der Waals surface area contributed by atoms with Crippen LogP contribution in [0.3, 0.4) is 0 Å². The summed E-state index contributed by atoms with van der Waals surface area (Å²) in [5, 5.41) is 7.47. The number of nitrogens with two attached hydrogens (primary N) is 1. The highest BCUT2D eigenvalue weighted by atomic mass is 16.1. The van der Waals surface area contributed by atoms with Crippen molar-refractivity contribution < 1.29 is 4.79 Å². The van der Waals surface area contributed by atoms with Gasteiger partial charge >= 0.3 is 0 Å². The van der Waals surface area contributed by atoms with E-state index in [0.29, 0.717) is 17.3 Å². The van der Waals surface area contributed by atoms with Crippen molar-refractivity contribution in [1.82, 2.24) is 19.9 Å². The number of fused-ring (bicyclic) bond motifs is 1. The number of hydrogen-bond donors (Lipinski definition) is 3. The number of benzene rings is 2. The second-order valence-electron chi connectivity index (χ2n) is 7.44. The minimum absolute atomic E-state index is 0.465. The molecule has 2 aromatic heterocycles. The minimum Gasteiger partial charge on any atom is -0.369 e. The molecule has 1 aliphatic heterocycles. The lowest BCUT2D eigenvalue weighted by molar-refractivity contribution is 0.100. The highest BCUT2D eigenvalue weighted by molar-refractivity contribution is 6.06. The summed E-state index contributed by atoms with van der Waals surface area (Å²) in [5.41, 5.74) is 8.99. The van der Waals surface area contributed by atoms with E-state index in [1.54, 1.807) is 18.5 Å². The Balaban J connectivity index is 1.46. The van der Waals surface area contributed by atoms with Crippen molar-refractivity contribution in [2.45, 2.75) is 0 Å². The van der Waals surface area contributed by atoms with Crippen LogP contribution in [0.25, 0.3) is 16.7 Å². The Hall–Kier alpha value is -3.91. The van der Waals surface area contributed by atoms with Gasteiger partial charge in [-0.05, 0) is 30.3 Å². The average Bonchev–Trinajstić information content (AvgIpc) is 3.20. The number of nitrogens with one attached hydrogen (secondary N) is 2. The maximum Gasteiger partial charge on any atom is 0.250 e. The number of aromatic nitrogens is 3. The van der Waals surface area contributed by atoms with E-state index in [9.17, 15) is 4.79 Å². The molecule has 0 spiro atoms. The minimum atomic E-state index is -0.466. The molecule has 8 nitrogen and oxygen atoms in total. The monoisotopic (exact) mass is 413 g/mol. The zero-order chi connectivity index (χ0) is 21.2. The van der Waals surface area contributed by atoms with Gasteiger partial charge in [0.15, 0.2) is 0 Å². The molecule has 1 amide bonds. The lowest BCUT2D eigenvalue weighted by Gasteiger charge is -2.29. The predicted molar refractivity (Wildman–Crippen MR) is 122 cm³/mol. The van der Waals surface area contributed by atoms with E-state index in [2.05, 4.69) is 37.6 Å². The number of hydrogen-bond acceptors (Lipinski definition) is 6. The Kier molecular flexibility index (Phi) is 4.97. The van der Waals surface area contributed by atoms with E-state index in [4.69, 9.17) is 5.73 Å². The summed E-state index contributed by atoms with van der Waals surface area (Å²) in [6.07, 6.45) is 3.42. The van der Waals surface area contributed by atoms with Gasteiger partial charge in [-0.15, -0.1) is 0 Å². The summed E-state index contributed by atoms with van der Waals surface area (Å²) in [7, 11) is 0. The summed E-state index contributed by atoms with van der Waals surface area (Å²) in [5.74, 6) is 0.667. The topological polar surface area (TPSA) is 101 Å². The molecule has 31 heavy (non-hydrogen) atoms. The van der Waals surface area contributed by atoms with Crippen LogP contribution in [0, 0.1) is 0 Å². The summed E-state index contributed by atoms with van der Waals surface area (Å²) < 4.78 is 1.86. The van der Waals surface area contributed by atoms with Crippen molar-refractivity contribution in [3.8, 4) is 5.82 Å². The first kappa shape index (κ1) is 19.1. The van der Waals surface area contributed by atoms with E-state index < -0.39 is 5.91 Å². The highest BCUT2D eigenvalue weighted by Gasteiger charge is 2.15. The molecule has 0 unspecified atom stereocenters. The van der Waals surface area contributed by atoms with Crippen LogP contribution in [-0.2, 0) is 0 Å². The number of piperazine rings is 1. The van der Waals surface area contributed by atoms with E-state index >= 15 is 0 Å². The Labute approximate surface area is 179 Å². The normalized spacial score (nSPS) is 14.0. The van der Waals surface area contributed by atoms with Gasteiger partial charge in [-0.1, -0.05) is 24.3 Å². The molecule has 0 atom stereocenters. The highest BCUT2D eigenvalue weighted by Crippen LogP contribution is 2.25. The van der Waals surface area contributed by atoms with Crippen molar-refractivity contribution in [2.75, 3.05) is 36.4 Å². The molecule has 8 heteroatoms.